The Morgan fingerprint density at radius 3 is 2.48 bits per heavy atom. The van der Waals surface area contributed by atoms with Crippen LogP contribution in [0.4, 0.5) is 5.82 Å². The zero-order valence-electron chi connectivity index (χ0n) is 15.6. The summed E-state index contributed by atoms with van der Waals surface area (Å²) in [6, 6.07) is 11.4. The second-order valence-corrected chi connectivity index (χ2v) is 8.93. The van der Waals surface area contributed by atoms with Crippen LogP contribution in [0.2, 0.25) is 0 Å². The topological polar surface area (TPSA) is 87.5 Å². The summed E-state index contributed by atoms with van der Waals surface area (Å²) in [5.41, 5.74) is 0.947. The number of anilines is 1. The molecule has 3 rings (SSSR count). The van der Waals surface area contributed by atoms with Crippen LogP contribution < -0.4 is 5.32 Å². The zero-order chi connectivity index (χ0) is 19.4. The minimum Gasteiger partial charge on any atom is -0.311 e. The Balaban J connectivity index is 1.62. The van der Waals surface area contributed by atoms with Gasteiger partial charge >= 0.3 is 0 Å². The normalized spacial score (nSPS) is 16.6. The minimum absolute atomic E-state index is 0.0561. The summed E-state index contributed by atoms with van der Waals surface area (Å²) in [5, 5.41) is 7.26. The van der Waals surface area contributed by atoms with Gasteiger partial charge in [-0.1, -0.05) is 30.3 Å². The first-order chi connectivity index (χ1) is 12.9. The smallest absolute Gasteiger partial charge is 0.281 e. The number of nitrogens with one attached hydrogen (secondary N) is 1. The number of hydrogen-bond acceptors (Lipinski definition) is 4. The third-order valence-electron chi connectivity index (χ3n) is 4.70. The van der Waals surface area contributed by atoms with Gasteiger partial charge in [0.2, 0.25) is 5.91 Å². The number of rotatable bonds is 6. The van der Waals surface area contributed by atoms with Crippen molar-refractivity contribution in [2.75, 3.05) is 32.5 Å². The Labute approximate surface area is 160 Å². The Morgan fingerprint density at radius 2 is 1.85 bits per heavy atom. The Hall–Kier alpha value is -2.23. The lowest BCUT2D eigenvalue weighted by atomic mass is 10.1. The van der Waals surface area contributed by atoms with E-state index in [2.05, 4.69) is 10.4 Å². The summed E-state index contributed by atoms with van der Waals surface area (Å²) in [7, 11) is -0.315. The highest BCUT2D eigenvalue weighted by Gasteiger charge is 2.31. The van der Waals surface area contributed by atoms with Crippen LogP contribution in [-0.4, -0.2) is 59.9 Å². The maximum Gasteiger partial charge on any atom is 0.281 e. The molecule has 0 unspecified atom stereocenters. The van der Waals surface area contributed by atoms with Gasteiger partial charge < -0.3 is 5.32 Å². The molecule has 0 atom stereocenters. The molecule has 27 heavy (non-hydrogen) atoms. The monoisotopic (exact) mass is 391 g/mol. The van der Waals surface area contributed by atoms with Crippen molar-refractivity contribution in [3.63, 3.8) is 0 Å². The average molecular weight is 391 g/mol. The highest BCUT2D eigenvalue weighted by atomic mass is 32.2. The number of hydrogen-bond donors (Lipinski definition) is 1. The van der Waals surface area contributed by atoms with Gasteiger partial charge in [0.25, 0.3) is 10.2 Å². The first-order valence-electron chi connectivity index (χ1n) is 8.93. The van der Waals surface area contributed by atoms with Crippen LogP contribution in [0, 0.1) is 0 Å². The lowest BCUT2D eigenvalue weighted by Crippen LogP contribution is -2.44. The van der Waals surface area contributed by atoms with Gasteiger partial charge in [0.1, 0.15) is 5.82 Å². The molecule has 1 aromatic carbocycles. The number of nitrogens with zero attached hydrogens (tertiary/aromatic N) is 4. The van der Waals surface area contributed by atoms with E-state index in [4.69, 9.17) is 0 Å². The lowest BCUT2D eigenvalue weighted by Gasteiger charge is -2.33. The van der Waals surface area contributed by atoms with Crippen LogP contribution in [0.25, 0.3) is 0 Å². The van der Waals surface area contributed by atoms with Crippen molar-refractivity contribution in [2.45, 2.75) is 25.3 Å². The molecule has 2 aromatic rings. The largest absolute Gasteiger partial charge is 0.311 e. The second-order valence-electron chi connectivity index (χ2n) is 6.79. The molecule has 0 spiro atoms. The summed E-state index contributed by atoms with van der Waals surface area (Å²) in [5.74, 6) is 0.542. The van der Waals surface area contributed by atoms with E-state index in [0.29, 0.717) is 38.2 Å². The van der Waals surface area contributed by atoms with Gasteiger partial charge in [0.15, 0.2) is 0 Å². The molecule has 9 heteroatoms. The van der Waals surface area contributed by atoms with Crippen molar-refractivity contribution in [3.05, 3.63) is 48.2 Å². The van der Waals surface area contributed by atoms with Gasteiger partial charge in [0.05, 0.1) is 18.7 Å². The molecular weight excluding hydrogens is 366 g/mol. The van der Waals surface area contributed by atoms with Crippen molar-refractivity contribution in [2.24, 2.45) is 0 Å². The summed E-state index contributed by atoms with van der Waals surface area (Å²) in [6.45, 7) is 0.866. The van der Waals surface area contributed by atoms with Gasteiger partial charge in [-0.25, -0.2) is 4.68 Å². The van der Waals surface area contributed by atoms with E-state index in [1.54, 1.807) is 16.9 Å². The van der Waals surface area contributed by atoms with Crippen molar-refractivity contribution < 1.29 is 13.2 Å². The van der Waals surface area contributed by atoms with Gasteiger partial charge in [-0.2, -0.15) is 22.1 Å². The number of benzene rings is 1. The Kier molecular flexibility index (Phi) is 5.93. The number of piperidine rings is 1. The summed E-state index contributed by atoms with van der Waals surface area (Å²) in [4.78, 5) is 12.3. The maximum atomic E-state index is 12.3. The third kappa shape index (κ3) is 4.55. The van der Waals surface area contributed by atoms with E-state index in [1.165, 1.54) is 22.7 Å². The van der Waals surface area contributed by atoms with E-state index < -0.39 is 10.2 Å². The second kappa shape index (κ2) is 8.20. The SMILES string of the molecule is CN(C)S(=O)(=O)N1CCC(n2nccc2NC(=O)Cc2ccccc2)CC1. The van der Waals surface area contributed by atoms with E-state index >= 15 is 0 Å². The van der Waals surface area contributed by atoms with E-state index in [-0.39, 0.29) is 11.9 Å². The predicted octanol–water partition coefficient (Wildman–Crippen LogP) is 1.51. The van der Waals surface area contributed by atoms with Crippen LogP contribution in [0.15, 0.2) is 42.6 Å². The van der Waals surface area contributed by atoms with Crippen molar-refractivity contribution in [3.8, 4) is 0 Å². The van der Waals surface area contributed by atoms with Crippen LogP contribution in [0.3, 0.4) is 0 Å². The van der Waals surface area contributed by atoms with Crippen molar-refractivity contribution >= 4 is 21.9 Å². The minimum atomic E-state index is -3.39. The van der Waals surface area contributed by atoms with Gasteiger partial charge in [-0.3, -0.25) is 4.79 Å². The highest BCUT2D eigenvalue weighted by Crippen LogP contribution is 2.27. The number of carbonyl (C=O) groups is 1. The fourth-order valence-corrected chi connectivity index (χ4v) is 4.36. The third-order valence-corrected chi connectivity index (χ3v) is 6.64. The summed E-state index contributed by atoms with van der Waals surface area (Å²) < 4.78 is 29.0. The molecule has 1 aliphatic rings. The molecule has 1 fully saturated rings. The standard InChI is InChI=1S/C18H25N5O3S/c1-21(2)27(25,26)22-12-9-16(10-13-22)23-17(8-11-19-23)20-18(24)14-15-6-4-3-5-7-15/h3-8,11,16H,9-10,12-14H2,1-2H3,(H,20,24). The van der Waals surface area contributed by atoms with Gasteiger partial charge in [0, 0.05) is 33.3 Å². The quantitative estimate of drug-likeness (QED) is 0.809. The first kappa shape index (κ1) is 19.5. The Bertz CT molecular complexity index is 871. The van der Waals surface area contributed by atoms with Gasteiger partial charge in [-0.15, -0.1) is 0 Å². The maximum absolute atomic E-state index is 12.3. The average Bonchev–Trinajstić information content (AvgIpc) is 3.10. The van der Waals surface area contributed by atoms with Crippen LogP contribution >= 0.6 is 0 Å². The van der Waals surface area contributed by atoms with Crippen LogP contribution in [0.1, 0.15) is 24.4 Å². The highest BCUT2D eigenvalue weighted by molar-refractivity contribution is 7.86. The van der Waals surface area contributed by atoms with E-state index in [9.17, 15) is 13.2 Å². The predicted molar refractivity (Wildman–Crippen MR) is 103 cm³/mol. The molecule has 0 bridgehead atoms. The number of aromatic nitrogens is 2. The lowest BCUT2D eigenvalue weighted by molar-refractivity contribution is -0.115. The fraction of sp³-hybridized carbons (Fsp3) is 0.444. The molecule has 1 N–H and O–H groups in total. The first-order valence-corrected chi connectivity index (χ1v) is 10.3. The molecule has 1 aromatic heterocycles. The molecule has 146 valence electrons. The number of carbonyl (C=O) groups excluding carboxylic acids is 1. The molecule has 1 saturated heterocycles. The van der Waals surface area contributed by atoms with Gasteiger partial charge in [-0.05, 0) is 18.4 Å². The van der Waals surface area contributed by atoms with Crippen molar-refractivity contribution in [1.82, 2.24) is 18.4 Å². The summed E-state index contributed by atoms with van der Waals surface area (Å²) >= 11 is 0. The Morgan fingerprint density at radius 1 is 1.19 bits per heavy atom. The van der Waals surface area contributed by atoms with E-state index in [0.717, 1.165) is 5.56 Å². The molecule has 0 saturated carbocycles. The fourth-order valence-electron chi connectivity index (χ4n) is 3.22. The number of amides is 1. The van der Waals surface area contributed by atoms with E-state index in [1.807, 2.05) is 30.3 Å². The molecule has 0 aliphatic carbocycles. The molecular formula is C18H25N5O3S. The molecule has 1 amide bonds. The summed E-state index contributed by atoms with van der Waals surface area (Å²) in [6.07, 6.45) is 3.25. The molecule has 2 heterocycles. The van der Waals surface area contributed by atoms with Crippen LogP contribution in [0.5, 0.6) is 0 Å². The molecule has 0 radical (unpaired) electrons. The zero-order valence-corrected chi connectivity index (χ0v) is 16.4. The molecule has 8 nitrogen and oxygen atoms in total. The molecule has 1 aliphatic heterocycles. The van der Waals surface area contributed by atoms with Crippen LogP contribution in [-0.2, 0) is 21.4 Å². The van der Waals surface area contributed by atoms with Crippen molar-refractivity contribution in [1.29, 1.82) is 0 Å².